The molecule has 2 aliphatic rings. The summed E-state index contributed by atoms with van der Waals surface area (Å²) in [6.45, 7) is 5.87. The lowest BCUT2D eigenvalue weighted by molar-refractivity contribution is -0.138. The normalized spacial score (nSPS) is 25.9. The zero-order chi connectivity index (χ0) is 15.6. The molecule has 1 heterocycles. The van der Waals surface area contributed by atoms with Gasteiger partial charge in [0.2, 0.25) is 0 Å². The molecular formula is C16H28N2O3. The number of aliphatic carboxylic acids is 1. The van der Waals surface area contributed by atoms with Crippen LogP contribution in [0.25, 0.3) is 0 Å². The van der Waals surface area contributed by atoms with Crippen LogP contribution in [0.2, 0.25) is 0 Å². The van der Waals surface area contributed by atoms with Crippen LogP contribution < -0.4 is 0 Å². The first-order valence-electron chi connectivity index (χ1n) is 8.02. The average Bonchev–Trinajstić information content (AvgIpc) is 2.84. The Morgan fingerprint density at radius 3 is 2.43 bits per heavy atom. The first-order chi connectivity index (χ1) is 9.78. The van der Waals surface area contributed by atoms with E-state index in [1.165, 1.54) is 0 Å². The van der Waals surface area contributed by atoms with Gasteiger partial charge in [-0.3, -0.25) is 4.79 Å². The van der Waals surface area contributed by atoms with E-state index in [1.807, 2.05) is 16.8 Å². The molecule has 1 saturated carbocycles. The third-order valence-corrected chi connectivity index (χ3v) is 5.18. The Morgan fingerprint density at radius 1 is 1.24 bits per heavy atom. The van der Waals surface area contributed by atoms with Crippen LogP contribution in [0.3, 0.4) is 0 Å². The van der Waals surface area contributed by atoms with Crippen LogP contribution >= 0.6 is 0 Å². The van der Waals surface area contributed by atoms with Crippen LogP contribution in [-0.2, 0) is 4.79 Å². The molecule has 1 N–H and O–H groups in total. The van der Waals surface area contributed by atoms with Crippen molar-refractivity contribution in [3.8, 4) is 0 Å². The molecule has 0 radical (unpaired) electrons. The van der Waals surface area contributed by atoms with E-state index in [-0.39, 0.29) is 18.4 Å². The molecule has 0 aromatic heterocycles. The highest BCUT2D eigenvalue weighted by Crippen LogP contribution is 2.37. The maximum Gasteiger partial charge on any atom is 0.319 e. The monoisotopic (exact) mass is 296 g/mol. The summed E-state index contributed by atoms with van der Waals surface area (Å²) in [5, 5.41) is 8.85. The number of amides is 2. The van der Waals surface area contributed by atoms with E-state index in [1.54, 1.807) is 0 Å². The molecule has 0 bridgehead atoms. The summed E-state index contributed by atoms with van der Waals surface area (Å²) >= 11 is 0. The maximum atomic E-state index is 12.5. The van der Waals surface area contributed by atoms with Crippen LogP contribution in [-0.4, -0.2) is 53.1 Å². The van der Waals surface area contributed by atoms with Crippen molar-refractivity contribution in [2.24, 2.45) is 11.3 Å². The SMILES string of the molecule is CN(C(=O)N1CCC(CC(=O)O)C1)C1CCC(C)(C)CC1. The molecule has 2 rings (SSSR count). The second-order valence-corrected chi connectivity index (χ2v) is 7.49. The Morgan fingerprint density at radius 2 is 1.86 bits per heavy atom. The molecule has 0 aromatic rings. The van der Waals surface area contributed by atoms with E-state index >= 15 is 0 Å². The van der Waals surface area contributed by atoms with Crippen molar-refractivity contribution in [3.63, 3.8) is 0 Å². The van der Waals surface area contributed by atoms with Gasteiger partial charge in [0.15, 0.2) is 0 Å². The van der Waals surface area contributed by atoms with E-state index in [9.17, 15) is 9.59 Å². The fourth-order valence-electron chi connectivity index (χ4n) is 3.57. The summed E-state index contributed by atoms with van der Waals surface area (Å²) in [6, 6.07) is 0.414. The summed E-state index contributed by atoms with van der Waals surface area (Å²) in [5.41, 5.74) is 0.403. The van der Waals surface area contributed by atoms with Gasteiger partial charge >= 0.3 is 12.0 Å². The van der Waals surface area contributed by atoms with Crippen LogP contribution in [0.4, 0.5) is 4.79 Å². The first-order valence-corrected chi connectivity index (χ1v) is 8.02. The van der Waals surface area contributed by atoms with E-state index in [0.29, 0.717) is 24.5 Å². The van der Waals surface area contributed by atoms with Gasteiger partial charge in [-0.1, -0.05) is 13.8 Å². The van der Waals surface area contributed by atoms with Crippen molar-refractivity contribution >= 4 is 12.0 Å². The molecule has 2 amide bonds. The fraction of sp³-hybridized carbons (Fsp3) is 0.875. The Kier molecular flexibility index (Phi) is 4.79. The summed E-state index contributed by atoms with van der Waals surface area (Å²) < 4.78 is 0. The molecule has 1 atom stereocenters. The Hall–Kier alpha value is -1.26. The third-order valence-electron chi connectivity index (χ3n) is 5.18. The van der Waals surface area contributed by atoms with Crippen molar-refractivity contribution < 1.29 is 14.7 Å². The van der Waals surface area contributed by atoms with Gasteiger partial charge in [0.1, 0.15) is 0 Å². The number of rotatable bonds is 3. The number of carboxylic acids is 1. The predicted octanol–water partition coefficient (Wildman–Crippen LogP) is 2.80. The molecule has 1 saturated heterocycles. The molecule has 21 heavy (non-hydrogen) atoms. The summed E-state index contributed by atoms with van der Waals surface area (Å²) in [4.78, 5) is 27.0. The molecule has 120 valence electrons. The minimum Gasteiger partial charge on any atom is -0.481 e. The minimum absolute atomic E-state index is 0.0765. The average molecular weight is 296 g/mol. The summed E-state index contributed by atoms with van der Waals surface area (Å²) in [6.07, 6.45) is 5.45. The molecule has 1 aliphatic heterocycles. The van der Waals surface area contributed by atoms with Gasteiger partial charge in [0, 0.05) is 32.6 Å². The number of carbonyl (C=O) groups excluding carboxylic acids is 1. The smallest absolute Gasteiger partial charge is 0.319 e. The molecule has 1 unspecified atom stereocenters. The number of urea groups is 1. The van der Waals surface area contributed by atoms with Crippen LogP contribution in [0, 0.1) is 11.3 Å². The zero-order valence-electron chi connectivity index (χ0n) is 13.5. The maximum absolute atomic E-state index is 12.5. The van der Waals surface area contributed by atoms with Gasteiger partial charge in [0.05, 0.1) is 0 Å². The number of hydrogen-bond acceptors (Lipinski definition) is 2. The molecule has 0 aromatic carbocycles. The summed E-state index contributed by atoms with van der Waals surface area (Å²) in [7, 11) is 1.90. The van der Waals surface area contributed by atoms with E-state index < -0.39 is 5.97 Å². The highest BCUT2D eigenvalue weighted by molar-refractivity contribution is 5.75. The standard InChI is InChI=1S/C16H28N2O3/c1-16(2)7-4-13(5-8-16)17(3)15(21)18-9-6-12(11-18)10-14(19)20/h12-13H,4-11H2,1-3H3,(H,19,20). The van der Waals surface area contributed by atoms with Crippen molar-refractivity contribution in [3.05, 3.63) is 0 Å². The van der Waals surface area contributed by atoms with Crippen molar-refractivity contribution in [1.82, 2.24) is 9.80 Å². The second-order valence-electron chi connectivity index (χ2n) is 7.49. The number of likely N-dealkylation sites (tertiary alicyclic amines) is 1. The zero-order valence-corrected chi connectivity index (χ0v) is 13.5. The molecule has 0 spiro atoms. The molecule has 5 nitrogen and oxygen atoms in total. The fourth-order valence-corrected chi connectivity index (χ4v) is 3.57. The number of carbonyl (C=O) groups is 2. The highest BCUT2D eigenvalue weighted by atomic mass is 16.4. The topological polar surface area (TPSA) is 60.9 Å². The lowest BCUT2D eigenvalue weighted by atomic mass is 9.75. The molecule has 1 aliphatic carbocycles. The van der Waals surface area contributed by atoms with Gasteiger partial charge in [-0.2, -0.15) is 0 Å². The highest BCUT2D eigenvalue weighted by Gasteiger charge is 2.34. The first kappa shape index (κ1) is 16.1. The van der Waals surface area contributed by atoms with Gasteiger partial charge in [0.25, 0.3) is 0 Å². The number of carboxylic acid groups (broad SMARTS) is 1. The van der Waals surface area contributed by atoms with Gasteiger partial charge in [-0.25, -0.2) is 4.79 Å². The molecule has 5 heteroatoms. The van der Waals surface area contributed by atoms with Gasteiger partial charge in [-0.05, 0) is 43.4 Å². The quantitative estimate of drug-likeness (QED) is 0.871. The lowest BCUT2D eigenvalue weighted by Crippen LogP contribution is -2.47. The second kappa shape index (κ2) is 6.24. The Bertz CT molecular complexity index is 398. The van der Waals surface area contributed by atoms with Crippen molar-refractivity contribution in [1.29, 1.82) is 0 Å². The lowest BCUT2D eigenvalue weighted by Gasteiger charge is -2.39. The predicted molar refractivity (Wildman–Crippen MR) is 81.1 cm³/mol. The van der Waals surface area contributed by atoms with Crippen LogP contribution in [0.15, 0.2) is 0 Å². The molecular weight excluding hydrogens is 268 g/mol. The third kappa shape index (κ3) is 4.11. The largest absolute Gasteiger partial charge is 0.481 e. The van der Waals surface area contributed by atoms with Gasteiger partial charge < -0.3 is 14.9 Å². The van der Waals surface area contributed by atoms with Gasteiger partial charge in [-0.15, -0.1) is 0 Å². The van der Waals surface area contributed by atoms with E-state index in [2.05, 4.69) is 13.8 Å². The van der Waals surface area contributed by atoms with E-state index in [4.69, 9.17) is 5.11 Å². The minimum atomic E-state index is -0.767. The van der Waals surface area contributed by atoms with Crippen molar-refractivity contribution in [2.75, 3.05) is 20.1 Å². The van der Waals surface area contributed by atoms with Crippen molar-refractivity contribution in [2.45, 2.75) is 58.4 Å². The Labute approximate surface area is 127 Å². The Balaban J connectivity index is 1.84. The summed E-state index contributed by atoms with van der Waals surface area (Å²) in [5.74, 6) is -0.651. The molecule has 2 fully saturated rings. The van der Waals surface area contributed by atoms with E-state index in [0.717, 1.165) is 32.1 Å². The number of hydrogen-bond donors (Lipinski definition) is 1. The van der Waals surface area contributed by atoms with Crippen LogP contribution in [0.1, 0.15) is 52.4 Å². The number of nitrogens with zero attached hydrogens (tertiary/aromatic N) is 2. The van der Waals surface area contributed by atoms with Crippen LogP contribution in [0.5, 0.6) is 0 Å².